The molecule has 116 valence electrons. The third kappa shape index (κ3) is 3.84. The van der Waals surface area contributed by atoms with Gasteiger partial charge in [-0.3, -0.25) is 4.79 Å². The van der Waals surface area contributed by atoms with Crippen molar-refractivity contribution in [1.29, 1.82) is 0 Å². The van der Waals surface area contributed by atoms with Gasteiger partial charge in [0.05, 0.1) is 0 Å². The fourth-order valence-electron chi connectivity index (χ4n) is 4.46. The van der Waals surface area contributed by atoms with E-state index in [1.165, 1.54) is 57.8 Å². The van der Waals surface area contributed by atoms with E-state index in [0.29, 0.717) is 23.7 Å². The van der Waals surface area contributed by atoms with Crippen LogP contribution in [0.3, 0.4) is 0 Å². The van der Waals surface area contributed by atoms with Gasteiger partial charge in [-0.25, -0.2) is 0 Å². The first-order valence-corrected chi connectivity index (χ1v) is 9.04. The number of unbranched alkanes of at least 4 members (excludes halogenated alkanes) is 5. The highest BCUT2D eigenvalue weighted by Gasteiger charge is 2.49. The average molecular weight is 279 g/mol. The number of nitrogens with one attached hydrogen (secondary N) is 1. The molecule has 0 aromatic carbocycles. The minimum absolute atomic E-state index is 0.346. The van der Waals surface area contributed by atoms with Crippen LogP contribution in [0.4, 0.5) is 0 Å². The molecule has 2 rings (SSSR count). The SMILES string of the molecule is CCCCCCCCN[C@H]1[C@@H]2CC[C@@H](C2)[C@@H]1C(=O)CC. The predicted molar refractivity (Wildman–Crippen MR) is 84.8 cm³/mol. The standard InChI is InChI=1S/C18H33NO/c1-3-5-6-7-8-9-12-19-18-15-11-10-14(13-15)17(18)16(20)4-2/h14-15,17-19H,3-13H2,1-2H3/t14-,15+,17+,18-/m0/s1. The molecule has 2 aliphatic rings. The number of hydrogen-bond acceptors (Lipinski definition) is 2. The zero-order chi connectivity index (χ0) is 14.4. The fraction of sp³-hybridized carbons (Fsp3) is 0.944. The maximum atomic E-state index is 12.2. The smallest absolute Gasteiger partial charge is 0.137 e. The number of fused-ring (bicyclic) bond motifs is 2. The topological polar surface area (TPSA) is 29.1 Å². The Morgan fingerprint density at radius 2 is 1.70 bits per heavy atom. The van der Waals surface area contributed by atoms with Gasteiger partial charge in [0.25, 0.3) is 0 Å². The lowest BCUT2D eigenvalue weighted by Crippen LogP contribution is -2.44. The molecule has 2 fully saturated rings. The van der Waals surface area contributed by atoms with E-state index >= 15 is 0 Å². The zero-order valence-corrected chi connectivity index (χ0v) is 13.5. The van der Waals surface area contributed by atoms with Crippen LogP contribution in [-0.4, -0.2) is 18.4 Å². The zero-order valence-electron chi connectivity index (χ0n) is 13.5. The molecule has 0 spiro atoms. The highest BCUT2D eigenvalue weighted by atomic mass is 16.1. The van der Waals surface area contributed by atoms with Crippen LogP contribution in [0.25, 0.3) is 0 Å². The Hall–Kier alpha value is -0.370. The van der Waals surface area contributed by atoms with Crippen molar-refractivity contribution in [3.63, 3.8) is 0 Å². The quantitative estimate of drug-likeness (QED) is 0.603. The number of carbonyl (C=O) groups is 1. The Bertz CT molecular complexity index is 302. The summed E-state index contributed by atoms with van der Waals surface area (Å²) in [5.41, 5.74) is 0. The van der Waals surface area contributed by atoms with Crippen LogP contribution in [0.1, 0.15) is 78.1 Å². The van der Waals surface area contributed by atoms with E-state index in [1.807, 2.05) is 6.92 Å². The van der Waals surface area contributed by atoms with Crippen LogP contribution in [0.15, 0.2) is 0 Å². The van der Waals surface area contributed by atoms with Crippen molar-refractivity contribution in [3.8, 4) is 0 Å². The lowest BCUT2D eigenvalue weighted by atomic mass is 9.81. The Balaban J connectivity index is 1.67. The van der Waals surface area contributed by atoms with Gasteiger partial charge >= 0.3 is 0 Å². The summed E-state index contributed by atoms with van der Waals surface area (Å²) < 4.78 is 0. The largest absolute Gasteiger partial charge is 0.313 e. The summed E-state index contributed by atoms with van der Waals surface area (Å²) in [6, 6.07) is 0.511. The van der Waals surface area contributed by atoms with Crippen molar-refractivity contribution in [2.45, 2.75) is 84.1 Å². The minimum atomic E-state index is 0.346. The molecule has 0 aromatic heterocycles. The van der Waals surface area contributed by atoms with E-state index in [-0.39, 0.29) is 0 Å². The molecule has 2 nitrogen and oxygen atoms in total. The molecule has 0 aromatic rings. The van der Waals surface area contributed by atoms with Crippen molar-refractivity contribution in [2.75, 3.05) is 6.54 Å². The van der Waals surface area contributed by atoms with Crippen molar-refractivity contribution in [1.82, 2.24) is 5.32 Å². The second-order valence-electron chi connectivity index (χ2n) is 6.93. The summed E-state index contributed by atoms with van der Waals surface area (Å²) in [4.78, 5) is 12.2. The summed E-state index contributed by atoms with van der Waals surface area (Å²) in [5.74, 6) is 2.35. The predicted octanol–water partition coefficient (Wildman–Crippen LogP) is 4.33. The second kappa shape index (κ2) is 8.17. The van der Waals surface area contributed by atoms with E-state index in [4.69, 9.17) is 0 Å². The highest BCUT2D eigenvalue weighted by molar-refractivity contribution is 5.82. The Kier molecular flexibility index (Phi) is 6.54. The first kappa shape index (κ1) is 16.0. The third-order valence-corrected chi connectivity index (χ3v) is 5.55. The van der Waals surface area contributed by atoms with Gasteiger partial charge in [0.2, 0.25) is 0 Å². The van der Waals surface area contributed by atoms with Crippen LogP contribution in [0.2, 0.25) is 0 Å². The number of Topliss-reactive ketones (excluding diaryl/α,β-unsaturated/α-hetero) is 1. The maximum absolute atomic E-state index is 12.2. The first-order chi connectivity index (χ1) is 9.77. The van der Waals surface area contributed by atoms with Gasteiger partial charge in [0.1, 0.15) is 5.78 Å². The third-order valence-electron chi connectivity index (χ3n) is 5.55. The number of carbonyl (C=O) groups excluding carboxylic acids is 1. The molecule has 2 bridgehead atoms. The maximum Gasteiger partial charge on any atom is 0.137 e. The van der Waals surface area contributed by atoms with Crippen LogP contribution in [0, 0.1) is 17.8 Å². The van der Waals surface area contributed by atoms with Crippen LogP contribution in [-0.2, 0) is 4.79 Å². The molecule has 20 heavy (non-hydrogen) atoms. The minimum Gasteiger partial charge on any atom is -0.313 e. The van der Waals surface area contributed by atoms with E-state index in [0.717, 1.165) is 18.9 Å². The average Bonchev–Trinajstić information content (AvgIpc) is 3.06. The summed E-state index contributed by atoms with van der Waals surface area (Å²) in [6.45, 7) is 5.41. The molecule has 0 amide bonds. The van der Waals surface area contributed by atoms with Gasteiger partial charge in [-0.1, -0.05) is 46.0 Å². The molecule has 2 saturated carbocycles. The molecule has 0 saturated heterocycles. The van der Waals surface area contributed by atoms with Gasteiger partial charge in [0.15, 0.2) is 0 Å². The number of rotatable bonds is 10. The van der Waals surface area contributed by atoms with Crippen LogP contribution >= 0.6 is 0 Å². The van der Waals surface area contributed by atoms with E-state index < -0.39 is 0 Å². The number of ketones is 1. The van der Waals surface area contributed by atoms with Crippen molar-refractivity contribution in [2.24, 2.45) is 17.8 Å². The van der Waals surface area contributed by atoms with Gasteiger partial charge < -0.3 is 5.32 Å². The van der Waals surface area contributed by atoms with Crippen LogP contribution < -0.4 is 5.32 Å². The Labute approximate surface area is 125 Å². The van der Waals surface area contributed by atoms with Crippen molar-refractivity contribution < 1.29 is 4.79 Å². The normalized spacial score (nSPS) is 31.9. The summed E-state index contributed by atoms with van der Waals surface area (Å²) >= 11 is 0. The molecule has 0 unspecified atom stereocenters. The summed E-state index contributed by atoms with van der Waals surface area (Å²) in [5, 5.41) is 3.75. The Morgan fingerprint density at radius 1 is 1.00 bits per heavy atom. The molecule has 0 radical (unpaired) electrons. The van der Waals surface area contributed by atoms with Crippen LogP contribution in [0.5, 0.6) is 0 Å². The number of hydrogen-bond donors (Lipinski definition) is 1. The highest BCUT2D eigenvalue weighted by Crippen LogP contribution is 2.49. The van der Waals surface area contributed by atoms with E-state index in [1.54, 1.807) is 0 Å². The lowest BCUT2D eigenvalue weighted by molar-refractivity contribution is -0.124. The molecule has 2 heteroatoms. The molecule has 4 atom stereocenters. The molecule has 1 N–H and O–H groups in total. The first-order valence-electron chi connectivity index (χ1n) is 9.04. The molecule has 0 heterocycles. The van der Waals surface area contributed by atoms with E-state index in [2.05, 4.69) is 12.2 Å². The fourth-order valence-corrected chi connectivity index (χ4v) is 4.46. The van der Waals surface area contributed by atoms with Crippen molar-refractivity contribution >= 4 is 5.78 Å². The lowest BCUT2D eigenvalue weighted by Gasteiger charge is -2.30. The molecule has 0 aliphatic heterocycles. The summed E-state index contributed by atoms with van der Waals surface area (Å²) in [7, 11) is 0. The van der Waals surface area contributed by atoms with Gasteiger partial charge in [-0.15, -0.1) is 0 Å². The molecular weight excluding hydrogens is 246 g/mol. The second-order valence-corrected chi connectivity index (χ2v) is 6.93. The molecular formula is C18H33NO. The molecule has 2 aliphatic carbocycles. The summed E-state index contributed by atoms with van der Waals surface area (Å²) in [6.07, 6.45) is 12.8. The van der Waals surface area contributed by atoms with Gasteiger partial charge in [-0.2, -0.15) is 0 Å². The van der Waals surface area contributed by atoms with E-state index in [9.17, 15) is 4.79 Å². The van der Waals surface area contributed by atoms with Gasteiger partial charge in [-0.05, 0) is 44.1 Å². The van der Waals surface area contributed by atoms with Gasteiger partial charge in [0, 0.05) is 18.4 Å². The monoisotopic (exact) mass is 279 g/mol. The van der Waals surface area contributed by atoms with Crippen molar-refractivity contribution in [3.05, 3.63) is 0 Å². The Morgan fingerprint density at radius 3 is 2.45 bits per heavy atom.